The van der Waals surface area contributed by atoms with Gasteiger partial charge in [-0.3, -0.25) is 0 Å². The molecular weight excluding hydrogens is 288 g/mol. The summed E-state index contributed by atoms with van der Waals surface area (Å²) >= 11 is 6.07. The summed E-state index contributed by atoms with van der Waals surface area (Å²) in [5, 5.41) is 0. The number of benzene rings is 1. The molecule has 0 aliphatic carbocycles. The summed E-state index contributed by atoms with van der Waals surface area (Å²) in [7, 11) is 1.67. The van der Waals surface area contributed by atoms with E-state index in [2.05, 4.69) is 26.0 Å². The topological polar surface area (TPSA) is 44.9 Å². The zero-order chi connectivity index (χ0) is 14.8. The van der Waals surface area contributed by atoms with Gasteiger partial charge < -0.3 is 13.9 Å². The Bertz CT molecular complexity index is 736. The van der Waals surface area contributed by atoms with E-state index in [1.165, 1.54) is 0 Å². The van der Waals surface area contributed by atoms with Crippen LogP contribution in [0.5, 0.6) is 5.75 Å². The van der Waals surface area contributed by atoms with Crippen LogP contribution in [0.1, 0.15) is 18.8 Å². The molecule has 1 unspecified atom stereocenters. The lowest BCUT2D eigenvalue weighted by atomic mass is 10.2. The van der Waals surface area contributed by atoms with Crippen molar-refractivity contribution in [2.75, 3.05) is 7.11 Å². The normalized spacial score (nSPS) is 12.7. The number of hydrogen-bond acceptors (Lipinski definition) is 3. The van der Waals surface area contributed by atoms with E-state index < -0.39 is 0 Å². The first-order valence-corrected chi connectivity index (χ1v) is 7.33. The van der Waals surface area contributed by atoms with Gasteiger partial charge in [-0.05, 0) is 19.1 Å². The molecule has 0 saturated heterocycles. The molecule has 1 aromatic carbocycles. The molecule has 5 nitrogen and oxygen atoms in total. The third-order valence-electron chi connectivity index (χ3n) is 3.56. The highest BCUT2D eigenvalue weighted by Crippen LogP contribution is 2.26. The first-order chi connectivity index (χ1) is 10.2. The average molecular weight is 305 g/mol. The second-order valence-corrected chi connectivity index (χ2v) is 5.26. The van der Waals surface area contributed by atoms with Gasteiger partial charge in [0.05, 0.1) is 36.4 Å². The minimum Gasteiger partial charge on any atom is -0.497 e. The summed E-state index contributed by atoms with van der Waals surface area (Å²) < 4.78 is 9.54. The summed E-state index contributed by atoms with van der Waals surface area (Å²) in [4.78, 5) is 8.69. The van der Waals surface area contributed by atoms with Gasteiger partial charge in [0.1, 0.15) is 11.6 Å². The number of fused-ring (bicyclic) bond motifs is 1. The number of imidazole rings is 2. The van der Waals surface area contributed by atoms with Gasteiger partial charge in [-0.25, -0.2) is 9.97 Å². The maximum atomic E-state index is 6.07. The fourth-order valence-electron chi connectivity index (χ4n) is 2.62. The smallest absolute Gasteiger partial charge is 0.125 e. The molecule has 3 aromatic rings. The molecule has 0 amide bonds. The van der Waals surface area contributed by atoms with Gasteiger partial charge in [-0.2, -0.15) is 0 Å². The average Bonchev–Trinajstić information content (AvgIpc) is 3.12. The molecule has 0 radical (unpaired) electrons. The van der Waals surface area contributed by atoms with Crippen LogP contribution >= 0.6 is 11.6 Å². The van der Waals surface area contributed by atoms with Gasteiger partial charge in [-0.15, -0.1) is 11.6 Å². The van der Waals surface area contributed by atoms with E-state index in [1.807, 2.05) is 30.7 Å². The first kappa shape index (κ1) is 13.9. The number of aromatic nitrogens is 4. The predicted molar refractivity (Wildman–Crippen MR) is 82.8 cm³/mol. The van der Waals surface area contributed by atoms with E-state index in [-0.39, 0.29) is 6.04 Å². The Kier molecular flexibility index (Phi) is 3.84. The fraction of sp³-hybridized carbons (Fsp3) is 0.333. The molecule has 21 heavy (non-hydrogen) atoms. The molecule has 0 bridgehead atoms. The molecule has 0 saturated carbocycles. The van der Waals surface area contributed by atoms with E-state index >= 15 is 0 Å². The minimum absolute atomic E-state index is 0.213. The van der Waals surface area contributed by atoms with E-state index in [0.717, 1.165) is 29.2 Å². The van der Waals surface area contributed by atoms with Crippen LogP contribution in [0.25, 0.3) is 11.0 Å². The second-order valence-electron chi connectivity index (χ2n) is 4.99. The Balaban J connectivity index is 2.05. The van der Waals surface area contributed by atoms with Crippen molar-refractivity contribution in [3.8, 4) is 5.75 Å². The largest absolute Gasteiger partial charge is 0.497 e. The van der Waals surface area contributed by atoms with Crippen molar-refractivity contribution >= 4 is 22.6 Å². The molecule has 0 aliphatic heterocycles. The maximum Gasteiger partial charge on any atom is 0.125 e. The Hall–Kier alpha value is -2.01. The molecule has 0 spiro atoms. The highest BCUT2D eigenvalue weighted by Gasteiger charge is 2.16. The van der Waals surface area contributed by atoms with Crippen LogP contribution in [-0.2, 0) is 12.4 Å². The Labute approximate surface area is 128 Å². The second kappa shape index (κ2) is 5.77. The quantitative estimate of drug-likeness (QED) is 0.680. The number of alkyl halides is 1. The molecule has 1 atom stereocenters. The number of ether oxygens (including phenoxy) is 1. The molecule has 110 valence electrons. The van der Waals surface area contributed by atoms with Crippen molar-refractivity contribution in [2.45, 2.75) is 25.4 Å². The van der Waals surface area contributed by atoms with E-state index in [9.17, 15) is 0 Å². The molecule has 6 heteroatoms. The minimum atomic E-state index is 0.213. The van der Waals surface area contributed by atoms with Crippen LogP contribution in [0, 0.1) is 0 Å². The number of methoxy groups -OCH3 is 1. The van der Waals surface area contributed by atoms with Crippen LogP contribution < -0.4 is 4.74 Å². The van der Waals surface area contributed by atoms with Gasteiger partial charge in [0.2, 0.25) is 0 Å². The highest BCUT2D eigenvalue weighted by molar-refractivity contribution is 6.16. The lowest BCUT2D eigenvalue weighted by molar-refractivity contribution is 0.414. The Morgan fingerprint density at radius 3 is 2.90 bits per heavy atom. The van der Waals surface area contributed by atoms with Crippen molar-refractivity contribution in [2.24, 2.45) is 0 Å². The van der Waals surface area contributed by atoms with Gasteiger partial charge in [0.25, 0.3) is 0 Å². The molecule has 2 aromatic heterocycles. The van der Waals surface area contributed by atoms with E-state index in [4.69, 9.17) is 16.3 Å². The summed E-state index contributed by atoms with van der Waals surface area (Å²) in [6.45, 7) is 2.96. The first-order valence-electron chi connectivity index (χ1n) is 6.79. The monoisotopic (exact) mass is 304 g/mol. The van der Waals surface area contributed by atoms with Crippen molar-refractivity contribution in [3.05, 3.63) is 42.7 Å². The molecule has 2 heterocycles. The van der Waals surface area contributed by atoms with Gasteiger partial charge in [0, 0.05) is 25.0 Å². The summed E-state index contributed by atoms with van der Waals surface area (Å²) in [6.07, 6.45) is 5.55. The Morgan fingerprint density at radius 1 is 1.38 bits per heavy atom. The van der Waals surface area contributed by atoms with Crippen LogP contribution in [0.2, 0.25) is 0 Å². The van der Waals surface area contributed by atoms with Gasteiger partial charge >= 0.3 is 0 Å². The highest BCUT2D eigenvalue weighted by atomic mass is 35.5. The zero-order valence-electron chi connectivity index (χ0n) is 12.0. The van der Waals surface area contributed by atoms with Crippen molar-refractivity contribution in [1.82, 2.24) is 19.1 Å². The zero-order valence-corrected chi connectivity index (χ0v) is 12.8. The summed E-state index contributed by atoms with van der Waals surface area (Å²) in [6, 6.07) is 6.09. The third kappa shape index (κ3) is 2.61. The van der Waals surface area contributed by atoms with Crippen LogP contribution in [0.4, 0.5) is 0 Å². The molecule has 0 N–H and O–H groups in total. The summed E-state index contributed by atoms with van der Waals surface area (Å²) in [5.41, 5.74) is 1.97. The molecular formula is C15H17ClN4O. The van der Waals surface area contributed by atoms with Crippen LogP contribution in [0.3, 0.4) is 0 Å². The lowest BCUT2D eigenvalue weighted by Crippen LogP contribution is -2.14. The lowest BCUT2D eigenvalue weighted by Gasteiger charge is -2.17. The maximum absolute atomic E-state index is 6.07. The Morgan fingerprint density at radius 2 is 2.24 bits per heavy atom. The molecule has 0 fully saturated rings. The van der Waals surface area contributed by atoms with Crippen molar-refractivity contribution < 1.29 is 4.74 Å². The number of nitrogens with zero attached hydrogens (tertiary/aromatic N) is 4. The standard InChI is InChI=1S/C15H17ClN4O/c1-11(9-19-6-5-17-10-19)20-14-7-12(21-2)3-4-13(14)18-15(20)8-16/h3-7,10-11H,8-9H2,1-2H3. The fourth-order valence-corrected chi connectivity index (χ4v) is 2.81. The van der Waals surface area contributed by atoms with Crippen LogP contribution in [-0.4, -0.2) is 26.2 Å². The number of hydrogen-bond donors (Lipinski definition) is 0. The molecule has 0 aliphatic rings. The van der Waals surface area contributed by atoms with Crippen molar-refractivity contribution in [1.29, 1.82) is 0 Å². The van der Waals surface area contributed by atoms with Crippen molar-refractivity contribution in [3.63, 3.8) is 0 Å². The third-order valence-corrected chi connectivity index (χ3v) is 3.80. The SMILES string of the molecule is COc1ccc2nc(CCl)n(C(C)Cn3ccnc3)c2c1. The van der Waals surface area contributed by atoms with E-state index in [0.29, 0.717) is 5.88 Å². The van der Waals surface area contributed by atoms with Gasteiger partial charge in [-0.1, -0.05) is 0 Å². The number of rotatable bonds is 5. The van der Waals surface area contributed by atoms with Gasteiger partial charge in [0.15, 0.2) is 0 Å². The van der Waals surface area contributed by atoms with E-state index in [1.54, 1.807) is 13.3 Å². The number of halogens is 1. The summed E-state index contributed by atoms with van der Waals surface area (Å²) in [5.74, 6) is 2.07. The van der Waals surface area contributed by atoms with Crippen LogP contribution in [0.15, 0.2) is 36.9 Å². The predicted octanol–water partition coefficient (Wildman–Crippen LogP) is 3.24. The molecule has 3 rings (SSSR count).